The van der Waals surface area contributed by atoms with Crippen molar-refractivity contribution >= 4 is 16.5 Å². The van der Waals surface area contributed by atoms with Crippen LogP contribution in [0, 0.1) is 6.92 Å². The third kappa shape index (κ3) is 3.49. The summed E-state index contributed by atoms with van der Waals surface area (Å²) in [4.78, 5) is 16.5. The van der Waals surface area contributed by atoms with Gasteiger partial charge < -0.3 is 4.90 Å². The Kier molecular flexibility index (Phi) is 4.32. The third-order valence-corrected chi connectivity index (χ3v) is 5.77. The van der Waals surface area contributed by atoms with Gasteiger partial charge in [-0.05, 0) is 25.8 Å². The Bertz CT molecular complexity index is 760. The summed E-state index contributed by atoms with van der Waals surface area (Å²) < 4.78 is 1.56. The topological polar surface area (TPSA) is 67.2 Å². The SMILES string of the molecule is Cc1ccc(=O)n(CCN2CCN(c3nnc(C4CC4)s3)CC2)n1. The Hall–Kier alpha value is -1.80. The molecule has 7 nitrogen and oxygen atoms in total. The van der Waals surface area contributed by atoms with E-state index in [0.717, 1.165) is 43.5 Å². The van der Waals surface area contributed by atoms with Gasteiger partial charge in [0.15, 0.2) is 0 Å². The number of piperazine rings is 1. The molecule has 0 bridgehead atoms. The van der Waals surface area contributed by atoms with E-state index < -0.39 is 0 Å². The van der Waals surface area contributed by atoms with E-state index in [1.807, 2.05) is 6.92 Å². The molecule has 1 saturated carbocycles. The average molecular weight is 346 g/mol. The molecule has 0 amide bonds. The molecular formula is C16H22N6OS. The highest BCUT2D eigenvalue weighted by molar-refractivity contribution is 7.15. The zero-order chi connectivity index (χ0) is 16.5. The van der Waals surface area contributed by atoms with Crippen molar-refractivity contribution in [2.45, 2.75) is 32.2 Å². The van der Waals surface area contributed by atoms with Crippen LogP contribution in [0.25, 0.3) is 0 Å². The van der Waals surface area contributed by atoms with Gasteiger partial charge in [0.05, 0.1) is 12.2 Å². The van der Waals surface area contributed by atoms with Gasteiger partial charge in [-0.3, -0.25) is 9.69 Å². The first-order chi connectivity index (χ1) is 11.7. The Morgan fingerprint density at radius 3 is 2.67 bits per heavy atom. The molecule has 1 saturated heterocycles. The van der Waals surface area contributed by atoms with E-state index in [2.05, 4.69) is 25.1 Å². The summed E-state index contributed by atoms with van der Waals surface area (Å²) in [6, 6.07) is 3.35. The fraction of sp³-hybridized carbons (Fsp3) is 0.625. The van der Waals surface area contributed by atoms with Crippen LogP contribution in [0.5, 0.6) is 0 Å². The minimum atomic E-state index is -0.0271. The fourth-order valence-corrected chi connectivity index (χ4v) is 4.02. The quantitative estimate of drug-likeness (QED) is 0.808. The number of aromatic nitrogens is 4. The number of hydrogen-bond acceptors (Lipinski definition) is 7. The van der Waals surface area contributed by atoms with Crippen LogP contribution in [0.1, 0.15) is 29.5 Å². The first-order valence-electron chi connectivity index (χ1n) is 8.54. The number of hydrogen-bond donors (Lipinski definition) is 0. The zero-order valence-electron chi connectivity index (χ0n) is 13.9. The molecule has 2 fully saturated rings. The zero-order valence-corrected chi connectivity index (χ0v) is 14.7. The number of rotatable bonds is 5. The van der Waals surface area contributed by atoms with Gasteiger partial charge in [-0.2, -0.15) is 5.10 Å². The van der Waals surface area contributed by atoms with Crippen LogP contribution >= 0.6 is 11.3 Å². The molecule has 0 aromatic carbocycles. The maximum atomic E-state index is 11.8. The normalized spacial score (nSPS) is 19.0. The van der Waals surface area contributed by atoms with Gasteiger partial charge >= 0.3 is 0 Å². The van der Waals surface area contributed by atoms with Crippen LogP contribution in [0.4, 0.5) is 5.13 Å². The maximum Gasteiger partial charge on any atom is 0.266 e. The summed E-state index contributed by atoms with van der Waals surface area (Å²) in [6.45, 7) is 7.31. The molecule has 8 heteroatoms. The lowest BCUT2D eigenvalue weighted by Gasteiger charge is -2.34. The molecule has 128 valence electrons. The van der Waals surface area contributed by atoms with Crippen LogP contribution in [-0.2, 0) is 6.54 Å². The monoisotopic (exact) mass is 346 g/mol. The van der Waals surface area contributed by atoms with Crippen molar-refractivity contribution in [2.24, 2.45) is 0 Å². The van der Waals surface area contributed by atoms with Crippen LogP contribution in [0.3, 0.4) is 0 Å². The van der Waals surface area contributed by atoms with Gasteiger partial charge in [0.25, 0.3) is 5.56 Å². The molecule has 0 unspecified atom stereocenters. The van der Waals surface area contributed by atoms with E-state index in [0.29, 0.717) is 12.5 Å². The van der Waals surface area contributed by atoms with Gasteiger partial charge in [0.1, 0.15) is 5.01 Å². The first kappa shape index (κ1) is 15.7. The fourth-order valence-electron chi connectivity index (χ4n) is 2.96. The molecule has 4 rings (SSSR count). The van der Waals surface area contributed by atoms with Crippen molar-refractivity contribution in [3.05, 3.63) is 33.2 Å². The summed E-state index contributed by atoms with van der Waals surface area (Å²) in [7, 11) is 0. The highest BCUT2D eigenvalue weighted by Crippen LogP contribution is 2.42. The number of anilines is 1. The van der Waals surface area contributed by atoms with E-state index in [1.54, 1.807) is 28.2 Å². The summed E-state index contributed by atoms with van der Waals surface area (Å²) in [5.41, 5.74) is 0.850. The van der Waals surface area contributed by atoms with Crippen molar-refractivity contribution in [2.75, 3.05) is 37.6 Å². The molecule has 24 heavy (non-hydrogen) atoms. The van der Waals surface area contributed by atoms with E-state index in [1.165, 1.54) is 17.8 Å². The van der Waals surface area contributed by atoms with E-state index in [-0.39, 0.29) is 5.56 Å². The van der Waals surface area contributed by atoms with Gasteiger partial charge in [-0.15, -0.1) is 10.2 Å². The third-order valence-electron chi connectivity index (χ3n) is 4.63. The predicted octanol–water partition coefficient (Wildman–Crippen LogP) is 1.10. The molecular weight excluding hydrogens is 324 g/mol. The first-order valence-corrected chi connectivity index (χ1v) is 9.36. The van der Waals surface area contributed by atoms with Gasteiger partial charge in [-0.25, -0.2) is 4.68 Å². The molecule has 1 aliphatic heterocycles. The Morgan fingerprint density at radius 1 is 1.12 bits per heavy atom. The van der Waals surface area contributed by atoms with Crippen LogP contribution < -0.4 is 10.5 Å². The van der Waals surface area contributed by atoms with Crippen molar-refractivity contribution in [1.82, 2.24) is 24.9 Å². The molecule has 0 radical (unpaired) electrons. The molecule has 2 aliphatic rings. The lowest BCUT2D eigenvalue weighted by atomic mass is 10.3. The Labute approximate surface area is 144 Å². The molecule has 0 atom stereocenters. The minimum Gasteiger partial charge on any atom is -0.344 e. The van der Waals surface area contributed by atoms with Crippen LogP contribution in [0.2, 0.25) is 0 Å². The van der Waals surface area contributed by atoms with Gasteiger partial charge in [-0.1, -0.05) is 11.3 Å². The number of nitrogens with zero attached hydrogens (tertiary/aromatic N) is 6. The standard InChI is InChI=1S/C16H22N6OS/c1-12-2-5-14(23)22(19-12)11-8-20-6-9-21(10-7-20)16-18-17-15(24-16)13-3-4-13/h2,5,13H,3-4,6-11H2,1H3. The largest absolute Gasteiger partial charge is 0.344 e. The highest BCUT2D eigenvalue weighted by Gasteiger charge is 2.29. The van der Waals surface area contributed by atoms with E-state index in [4.69, 9.17) is 0 Å². The summed E-state index contributed by atoms with van der Waals surface area (Å²) in [5, 5.41) is 15.3. The van der Waals surface area contributed by atoms with Crippen LogP contribution in [0.15, 0.2) is 16.9 Å². The summed E-state index contributed by atoms with van der Waals surface area (Å²) in [6.07, 6.45) is 2.55. The summed E-state index contributed by atoms with van der Waals surface area (Å²) >= 11 is 1.75. The van der Waals surface area contributed by atoms with Crippen molar-refractivity contribution in [3.63, 3.8) is 0 Å². The minimum absolute atomic E-state index is 0.0271. The molecule has 2 aromatic heterocycles. The van der Waals surface area contributed by atoms with E-state index >= 15 is 0 Å². The lowest BCUT2D eigenvalue weighted by molar-refractivity contribution is 0.242. The van der Waals surface area contributed by atoms with E-state index in [9.17, 15) is 4.79 Å². The predicted molar refractivity (Wildman–Crippen MR) is 93.8 cm³/mol. The molecule has 3 heterocycles. The van der Waals surface area contributed by atoms with Crippen molar-refractivity contribution < 1.29 is 0 Å². The molecule has 1 aliphatic carbocycles. The molecule has 0 spiro atoms. The second-order valence-corrected chi connectivity index (χ2v) is 7.55. The van der Waals surface area contributed by atoms with Crippen molar-refractivity contribution in [3.8, 4) is 0 Å². The molecule has 0 N–H and O–H groups in total. The Balaban J connectivity index is 1.29. The molecule has 2 aromatic rings. The lowest BCUT2D eigenvalue weighted by Crippen LogP contribution is -2.47. The second-order valence-electron chi connectivity index (χ2n) is 6.56. The van der Waals surface area contributed by atoms with Gasteiger partial charge in [0.2, 0.25) is 5.13 Å². The summed E-state index contributed by atoms with van der Waals surface area (Å²) in [5.74, 6) is 0.678. The van der Waals surface area contributed by atoms with Crippen LogP contribution in [-0.4, -0.2) is 57.6 Å². The smallest absolute Gasteiger partial charge is 0.266 e. The number of aryl methyl sites for hydroxylation is 1. The van der Waals surface area contributed by atoms with Crippen molar-refractivity contribution in [1.29, 1.82) is 0 Å². The maximum absolute atomic E-state index is 11.8. The highest BCUT2D eigenvalue weighted by atomic mass is 32.1. The van der Waals surface area contributed by atoms with Gasteiger partial charge in [0, 0.05) is 44.7 Å². The Morgan fingerprint density at radius 2 is 1.92 bits per heavy atom. The average Bonchev–Trinajstić information content (AvgIpc) is 3.33. The second kappa shape index (κ2) is 6.60.